The van der Waals surface area contributed by atoms with E-state index < -0.39 is 12.1 Å². The lowest BCUT2D eigenvalue weighted by atomic mass is 10.0. The molecule has 0 spiro atoms. The van der Waals surface area contributed by atoms with Crippen LogP contribution in [0.5, 0.6) is 0 Å². The minimum Gasteiger partial charge on any atom is -0.394 e. The van der Waals surface area contributed by atoms with E-state index >= 15 is 0 Å². The number of rotatable bonds is 50. The third-order valence-corrected chi connectivity index (χ3v) is 12.8. The van der Waals surface area contributed by atoms with Gasteiger partial charge < -0.3 is 15.5 Å². The molecule has 0 rings (SSSR count). The number of allylic oxidation sites excluding steroid dienone is 2. The lowest BCUT2D eigenvalue weighted by Gasteiger charge is -2.22. The minimum atomic E-state index is -0.656. The molecule has 0 fully saturated rings. The number of hydrogen-bond acceptors (Lipinski definition) is 3. The summed E-state index contributed by atoms with van der Waals surface area (Å²) < 4.78 is 0. The topological polar surface area (TPSA) is 69.6 Å². The van der Waals surface area contributed by atoms with Gasteiger partial charge in [-0.1, -0.05) is 276 Å². The first-order valence-electron chi connectivity index (χ1n) is 26.9. The molecular weight excluding hydrogens is 711 g/mol. The van der Waals surface area contributed by atoms with Gasteiger partial charge in [0.05, 0.1) is 18.8 Å². The largest absolute Gasteiger partial charge is 0.394 e. The fraction of sp³-hybridized carbons (Fsp3) is 0.944. The van der Waals surface area contributed by atoms with Crippen molar-refractivity contribution in [3.63, 3.8) is 0 Å². The Morgan fingerprint density at radius 3 is 0.948 bits per heavy atom. The van der Waals surface area contributed by atoms with Crippen molar-refractivity contribution < 1.29 is 15.0 Å². The molecular formula is C54H107NO3. The monoisotopic (exact) mass is 818 g/mol. The van der Waals surface area contributed by atoms with Crippen LogP contribution < -0.4 is 5.32 Å². The van der Waals surface area contributed by atoms with Crippen molar-refractivity contribution in [1.82, 2.24) is 5.32 Å². The number of aliphatic hydroxyl groups is 2. The summed E-state index contributed by atoms with van der Waals surface area (Å²) in [4.78, 5) is 12.5. The third kappa shape index (κ3) is 46.2. The van der Waals surface area contributed by atoms with Gasteiger partial charge >= 0.3 is 0 Å². The first-order valence-corrected chi connectivity index (χ1v) is 26.9. The highest BCUT2D eigenvalue weighted by Gasteiger charge is 2.20. The SMILES string of the molecule is CCCCCCCCCC/C=C\CCCCCCCCCCCCCCCCCC(=O)NC(CO)C(O)CCCCCCCCCCCCCCCCCCCCC. The number of carbonyl (C=O) groups is 1. The zero-order valence-electron chi connectivity index (χ0n) is 39.8. The fourth-order valence-corrected chi connectivity index (χ4v) is 8.65. The normalized spacial score (nSPS) is 12.8. The van der Waals surface area contributed by atoms with Gasteiger partial charge in [-0.15, -0.1) is 0 Å². The number of hydrogen-bond donors (Lipinski definition) is 3. The second kappa shape index (κ2) is 50.5. The van der Waals surface area contributed by atoms with E-state index in [-0.39, 0.29) is 12.5 Å². The second-order valence-electron chi connectivity index (χ2n) is 18.7. The van der Waals surface area contributed by atoms with Crippen LogP contribution in [0.1, 0.15) is 309 Å². The van der Waals surface area contributed by atoms with Gasteiger partial charge in [-0.3, -0.25) is 4.79 Å². The van der Waals surface area contributed by atoms with Crippen LogP contribution in [0.15, 0.2) is 12.2 Å². The van der Waals surface area contributed by atoms with Crippen LogP contribution in [0.2, 0.25) is 0 Å². The molecule has 0 aliphatic carbocycles. The predicted molar refractivity (Wildman–Crippen MR) is 258 cm³/mol. The Hall–Kier alpha value is -0.870. The summed E-state index contributed by atoms with van der Waals surface area (Å²) >= 11 is 0. The van der Waals surface area contributed by atoms with Gasteiger partial charge in [-0.2, -0.15) is 0 Å². The molecule has 2 unspecified atom stereocenters. The molecule has 0 aliphatic heterocycles. The molecule has 0 heterocycles. The smallest absolute Gasteiger partial charge is 0.220 e. The fourth-order valence-electron chi connectivity index (χ4n) is 8.65. The van der Waals surface area contributed by atoms with Crippen molar-refractivity contribution in [2.75, 3.05) is 6.61 Å². The predicted octanol–water partition coefficient (Wildman–Crippen LogP) is 17.4. The Kier molecular flexibility index (Phi) is 49.7. The highest BCUT2D eigenvalue weighted by Crippen LogP contribution is 2.17. The highest BCUT2D eigenvalue weighted by atomic mass is 16.3. The zero-order valence-corrected chi connectivity index (χ0v) is 39.8. The van der Waals surface area contributed by atoms with Crippen LogP contribution >= 0.6 is 0 Å². The van der Waals surface area contributed by atoms with Crippen molar-refractivity contribution in [1.29, 1.82) is 0 Å². The molecule has 0 bridgehead atoms. The summed E-state index contributed by atoms with van der Waals surface area (Å²) in [6.45, 7) is 4.39. The lowest BCUT2D eigenvalue weighted by molar-refractivity contribution is -0.123. The van der Waals surface area contributed by atoms with Crippen LogP contribution in [0.3, 0.4) is 0 Å². The van der Waals surface area contributed by atoms with Crippen LogP contribution in [-0.2, 0) is 4.79 Å². The van der Waals surface area contributed by atoms with Gasteiger partial charge in [-0.25, -0.2) is 0 Å². The van der Waals surface area contributed by atoms with E-state index in [2.05, 4.69) is 31.3 Å². The Morgan fingerprint density at radius 2 is 0.655 bits per heavy atom. The van der Waals surface area contributed by atoms with Gasteiger partial charge in [0.2, 0.25) is 5.91 Å². The number of carbonyl (C=O) groups excluding carboxylic acids is 1. The maximum absolute atomic E-state index is 12.5. The maximum Gasteiger partial charge on any atom is 0.220 e. The molecule has 0 aromatic rings. The van der Waals surface area contributed by atoms with Gasteiger partial charge in [0, 0.05) is 6.42 Å². The van der Waals surface area contributed by atoms with Crippen molar-refractivity contribution in [3.8, 4) is 0 Å². The Morgan fingerprint density at radius 1 is 0.397 bits per heavy atom. The van der Waals surface area contributed by atoms with E-state index in [9.17, 15) is 15.0 Å². The van der Waals surface area contributed by atoms with Crippen molar-refractivity contribution in [2.45, 2.75) is 321 Å². The molecule has 1 amide bonds. The first-order chi connectivity index (χ1) is 28.7. The summed E-state index contributed by atoms with van der Waals surface area (Å²) in [7, 11) is 0. The minimum absolute atomic E-state index is 0.0250. The summed E-state index contributed by atoms with van der Waals surface area (Å²) in [5, 5.41) is 23.3. The second-order valence-corrected chi connectivity index (χ2v) is 18.7. The highest BCUT2D eigenvalue weighted by molar-refractivity contribution is 5.76. The number of nitrogens with one attached hydrogen (secondary N) is 1. The third-order valence-electron chi connectivity index (χ3n) is 12.8. The molecule has 0 saturated heterocycles. The number of amides is 1. The van der Waals surface area contributed by atoms with E-state index in [0.29, 0.717) is 12.8 Å². The van der Waals surface area contributed by atoms with Gasteiger partial charge in [-0.05, 0) is 38.5 Å². The molecule has 0 aromatic carbocycles. The van der Waals surface area contributed by atoms with E-state index in [1.54, 1.807) is 0 Å². The summed E-state index contributed by atoms with van der Waals surface area (Å²) in [5.41, 5.74) is 0. The number of aliphatic hydroxyl groups excluding tert-OH is 2. The lowest BCUT2D eigenvalue weighted by Crippen LogP contribution is -2.45. The molecule has 0 saturated carbocycles. The molecule has 0 radical (unpaired) electrons. The summed E-state index contributed by atoms with van der Waals surface area (Å²) in [6, 6.07) is -0.533. The van der Waals surface area contributed by atoms with Gasteiger partial charge in [0.25, 0.3) is 0 Å². The molecule has 4 nitrogen and oxygen atoms in total. The van der Waals surface area contributed by atoms with Crippen LogP contribution in [-0.4, -0.2) is 34.9 Å². The van der Waals surface area contributed by atoms with Gasteiger partial charge in [0.15, 0.2) is 0 Å². The van der Waals surface area contributed by atoms with E-state index in [4.69, 9.17) is 0 Å². The molecule has 3 N–H and O–H groups in total. The molecule has 0 aromatic heterocycles. The summed E-state index contributed by atoms with van der Waals surface area (Å²) in [5.74, 6) is -0.0250. The average molecular weight is 818 g/mol. The standard InChI is InChI=1S/C54H107NO3/c1-3-5-7-9-11-13-15-17-19-21-23-24-25-26-27-28-29-30-32-34-36-38-40-42-44-46-48-50-54(58)55-52(51-56)53(57)49-47-45-43-41-39-37-35-33-31-22-20-18-16-14-12-10-8-6-4-2/h21,23,52-53,56-57H,3-20,22,24-51H2,1-2H3,(H,55,58)/b23-21-. The summed E-state index contributed by atoms with van der Waals surface area (Å²) in [6.07, 6.45) is 64.7. The number of unbranched alkanes of at least 4 members (excludes halogenated alkanes) is 41. The Balaban J connectivity index is 3.42. The van der Waals surface area contributed by atoms with Crippen molar-refractivity contribution >= 4 is 5.91 Å². The average Bonchev–Trinajstić information content (AvgIpc) is 3.23. The zero-order chi connectivity index (χ0) is 42.1. The molecule has 58 heavy (non-hydrogen) atoms. The van der Waals surface area contributed by atoms with Crippen LogP contribution in [0.4, 0.5) is 0 Å². The molecule has 2 atom stereocenters. The van der Waals surface area contributed by atoms with Crippen LogP contribution in [0.25, 0.3) is 0 Å². The van der Waals surface area contributed by atoms with Crippen molar-refractivity contribution in [3.05, 3.63) is 12.2 Å². The Bertz CT molecular complexity index is 799. The molecule has 346 valence electrons. The van der Waals surface area contributed by atoms with Crippen LogP contribution in [0, 0.1) is 0 Å². The maximum atomic E-state index is 12.5. The van der Waals surface area contributed by atoms with Gasteiger partial charge in [0.1, 0.15) is 0 Å². The van der Waals surface area contributed by atoms with E-state index in [0.717, 1.165) is 25.7 Å². The quantitative estimate of drug-likeness (QED) is 0.0423. The van der Waals surface area contributed by atoms with E-state index in [1.807, 2.05) is 0 Å². The molecule has 0 aliphatic rings. The van der Waals surface area contributed by atoms with Crippen molar-refractivity contribution in [2.24, 2.45) is 0 Å². The van der Waals surface area contributed by atoms with E-state index in [1.165, 1.54) is 257 Å². The molecule has 4 heteroatoms. The Labute approximate surface area is 365 Å². The first kappa shape index (κ1) is 57.1.